The average Bonchev–Trinajstić information content (AvgIpc) is 3.25. The average molecular weight is 389 g/mol. The highest BCUT2D eigenvalue weighted by molar-refractivity contribution is 5.88. The van der Waals surface area contributed by atoms with Gasteiger partial charge in [-0.25, -0.2) is 4.98 Å². The van der Waals surface area contributed by atoms with Gasteiger partial charge in [0.15, 0.2) is 0 Å². The Bertz CT molecular complexity index is 974. The first-order chi connectivity index (χ1) is 14.3. The largest absolute Gasteiger partial charge is 0.496 e. The van der Waals surface area contributed by atoms with Crippen LogP contribution in [0.2, 0.25) is 0 Å². The Labute approximate surface area is 171 Å². The minimum Gasteiger partial charge on any atom is -0.496 e. The molecule has 1 saturated heterocycles. The normalized spacial score (nSPS) is 16.2. The van der Waals surface area contributed by atoms with Gasteiger partial charge in [0, 0.05) is 37.3 Å². The molecule has 2 aromatic carbocycles. The van der Waals surface area contributed by atoms with Crippen LogP contribution >= 0.6 is 0 Å². The number of carbonyl (C=O) groups is 1. The molecule has 0 aliphatic carbocycles. The van der Waals surface area contributed by atoms with Gasteiger partial charge in [0.25, 0.3) is 0 Å². The summed E-state index contributed by atoms with van der Waals surface area (Å²) in [5.41, 5.74) is 1.09. The summed E-state index contributed by atoms with van der Waals surface area (Å²) in [5, 5.41) is 5.45. The molecule has 0 bridgehead atoms. The number of rotatable bonds is 7. The summed E-state index contributed by atoms with van der Waals surface area (Å²) in [5.74, 6) is 1.91. The number of carbonyl (C=O) groups excluding carboxylic acids is 1. The highest BCUT2D eigenvalue weighted by Gasteiger charge is 2.25. The summed E-state index contributed by atoms with van der Waals surface area (Å²) in [6, 6.07) is 18.6. The molecule has 1 aromatic heterocycles. The molecule has 5 nitrogen and oxygen atoms in total. The number of hydrogen-bond acceptors (Lipinski definition) is 4. The van der Waals surface area contributed by atoms with E-state index >= 15 is 0 Å². The van der Waals surface area contributed by atoms with Crippen molar-refractivity contribution in [2.75, 3.05) is 25.1 Å². The first-order valence-corrected chi connectivity index (χ1v) is 10.3. The zero-order valence-electron chi connectivity index (χ0n) is 16.8. The second-order valence-electron chi connectivity index (χ2n) is 7.45. The van der Waals surface area contributed by atoms with Crippen molar-refractivity contribution in [2.45, 2.75) is 31.7 Å². The number of ether oxygens (including phenoxy) is 1. The fourth-order valence-corrected chi connectivity index (χ4v) is 4.20. The molecule has 0 spiro atoms. The Morgan fingerprint density at radius 1 is 1.17 bits per heavy atom. The predicted octanol–water partition coefficient (Wildman–Crippen LogP) is 3.96. The molecule has 1 atom stereocenters. The van der Waals surface area contributed by atoms with E-state index in [9.17, 15) is 4.79 Å². The van der Waals surface area contributed by atoms with Gasteiger partial charge in [-0.15, -0.1) is 0 Å². The Kier molecular flexibility index (Phi) is 5.94. The summed E-state index contributed by atoms with van der Waals surface area (Å²) in [6.45, 7) is 1.65. The first-order valence-electron chi connectivity index (χ1n) is 10.3. The zero-order chi connectivity index (χ0) is 20.1. The molecule has 2 heterocycles. The monoisotopic (exact) mass is 389 g/mol. The summed E-state index contributed by atoms with van der Waals surface area (Å²) < 4.78 is 5.54. The molecule has 29 heavy (non-hydrogen) atoms. The third kappa shape index (κ3) is 4.34. The minimum absolute atomic E-state index is 0.0767. The lowest BCUT2D eigenvalue weighted by molar-refractivity contribution is -0.121. The molecule has 0 radical (unpaired) electrons. The van der Waals surface area contributed by atoms with Crippen LogP contribution < -0.4 is 15.0 Å². The fraction of sp³-hybridized carbons (Fsp3) is 0.333. The highest BCUT2D eigenvalue weighted by atomic mass is 16.5. The molecule has 1 N–H and O–H groups in total. The van der Waals surface area contributed by atoms with E-state index < -0.39 is 0 Å². The molecule has 0 saturated carbocycles. The standard InChI is InChI=1S/C24H27N3O2/c1-29-22-13-11-18-7-2-3-9-20(18)21(22)12-14-24(28)26-17-19-8-6-16-27(19)23-10-4-5-15-25-23/h2-5,7,9-11,13,15,19H,6,8,12,14,16-17H2,1H3,(H,26,28)/t19-/m0/s1. The lowest BCUT2D eigenvalue weighted by Crippen LogP contribution is -2.40. The van der Waals surface area contributed by atoms with E-state index in [1.165, 1.54) is 5.39 Å². The molecule has 1 amide bonds. The molecule has 5 heteroatoms. The van der Waals surface area contributed by atoms with Gasteiger partial charge in [0.2, 0.25) is 5.91 Å². The number of amides is 1. The van der Waals surface area contributed by atoms with Crippen molar-refractivity contribution in [3.8, 4) is 5.75 Å². The van der Waals surface area contributed by atoms with E-state index in [0.717, 1.165) is 41.9 Å². The Morgan fingerprint density at radius 2 is 2.03 bits per heavy atom. The highest BCUT2D eigenvalue weighted by Crippen LogP contribution is 2.29. The van der Waals surface area contributed by atoms with Crippen molar-refractivity contribution in [3.05, 3.63) is 66.4 Å². The maximum Gasteiger partial charge on any atom is 0.220 e. The van der Waals surface area contributed by atoms with E-state index in [-0.39, 0.29) is 5.91 Å². The number of anilines is 1. The first kappa shape index (κ1) is 19.2. The molecule has 0 unspecified atom stereocenters. The van der Waals surface area contributed by atoms with Gasteiger partial charge in [-0.05, 0) is 48.2 Å². The second-order valence-corrected chi connectivity index (χ2v) is 7.45. The van der Waals surface area contributed by atoms with Crippen molar-refractivity contribution < 1.29 is 9.53 Å². The van der Waals surface area contributed by atoms with Crippen molar-refractivity contribution in [1.82, 2.24) is 10.3 Å². The lowest BCUT2D eigenvalue weighted by atomic mass is 9.99. The topological polar surface area (TPSA) is 54.5 Å². The third-order valence-corrected chi connectivity index (χ3v) is 5.68. The number of nitrogens with one attached hydrogen (secondary N) is 1. The maximum absolute atomic E-state index is 12.6. The Balaban J connectivity index is 1.37. The molecule has 1 aliphatic heterocycles. The zero-order valence-corrected chi connectivity index (χ0v) is 16.8. The van der Waals surface area contributed by atoms with Gasteiger partial charge in [0.1, 0.15) is 11.6 Å². The van der Waals surface area contributed by atoms with Crippen molar-refractivity contribution in [3.63, 3.8) is 0 Å². The van der Waals surface area contributed by atoms with E-state index in [1.807, 2.05) is 42.6 Å². The fourth-order valence-electron chi connectivity index (χ4n) is 4.20. The number of benzene rings is 2. The number of aryl methyl sites for hydroxylation is 1. The summed E-state index contributed by atoms with van der Waals surface area (Å²) in [7, 11) is 1.68. The predicted molar refractivity (Wildman–Crippen MR) is 116 cm³/mol. The number of pyridine rings is 1. The smallest absolute Gasteiger partial charge is 0.220 e. The van der Waals surface area contributed by atoms with E-state index in [1.54, 1.807) is 7.11 Å². The molecule has 1 fully saturated rings. The van der Waals surface area contributed by atoms with E-state index in [2.05, 4.69) is 33.4 Å². The lowest BCUT2D eigenvalue weighted by Gasteiger charge is -2.25. The third-order valence-electron chi connectivity index (χ3n) is 5.68. The Morgan fingerprint density at radius 3 is 2.86 bits per heavy atom. The van der Waals surface area contributed by atoms with Gasteiger partial charge in [-0.1, -0.05) is 36.4 Å². The van der Waals surface area contributed by atoms with E-state index in [4.69, 9.17) is 4.74 Å². The SMILES string of the molecule is COc1ccc2ccccc2c1CCC(=O)NC[C@@H]1CCCN1c1ccccn1. The van der Waals surface area contributed by atoms with Crippen LogP contribution in [0.15, 0.2) is 60.8 Å². The number of aromatic nitrogens is 1. The molecule has 4 rings (SSSR count). The summed E-state index contributed by atoms with van der Waals surface area (Å²) in [4.78, 5) is 19.3. The van der Waals surface area contributed by atoms with Crippen LogP contribution in [0.4, 0.5) is 5.82 Å². The molecule has 3 aromatic rings. The number of hydrogen-bond donors (Lipinski definition) is 1. The van der Waals surface area contributed by atoms with Crippen LogP contribution in [0, 0.1) is 0 Å². The Hall–Kier alpha value is -3.08. The van der Waals surface area contributed by atoms with Crippen molar-refractivity contribution in [1.29, 1.82) is 0 Å². The minimum atomic E-state index is 0.0767. The van der Waals surface area contributed by atoms with Crippen LogP contribution in [0.25, 0.3) is 10.8 Å². The summed E-state index contributed by atoms with van der Waals surface area (Å²) in [6.07, 6.45) is 5.13. The van der Waals surface area contributed by atoms with Gasteiger partial charge in [-0.2, -0.15) is 0 Å². The molecular weight excluding hydrogens is 362 g/mol. The van der Waals surface area contributed by atoms with Crippen LogP contribution in [-0.4, -0.2) is 37.1 Å². The van der Waals surface area contributed by atoms with Gasteiger partial charge < -0.3 is 15.0 Å². The van der Waals surface area contributed by atoms with Crippen LogP contribution in [0.5, 0.6) is 5.75 Å². The molecular formula is C24H27N3O2. The van der Waals surface area contributed by atoms with Crippen LogP contribution in [0.1, 0.15) is 24.8 Å². The number of nitrogens with zero attached hydrogens (tertiary/aromatic N) is 2. The number of fused-ring (bicyclic) bond motifs is 1. The van der Waals surface area contributed by atoms with E-state index in [0.29, 0.717) is 25.4 Å². The summed E-state index contributed by atoms with van der Waals surface area (Å²) >= 11 is 0. The molecule has 150 valence electrons. The van der Waals surface area contributed by atoms with Crippen molar-refractivity contribution in [2.24, 2.45) is 0 Å². The molecule has 1 aliphatic rings. The van der Waals surface area contributed by atoms with Crippen molar-refractivity contribution >= 4 is 22.5 Å². The van der Waals surface area contributed by atoms with Gasteiger partial charge >= 0.3 is 0 Å². The van der Waals surface area contributed by atoms with Crippen LogP contribution in [0.3, 0.4) is 0 Å². The maximum atomic E-state index is 12.6. The number of methoxy groups -OCH3 is 1. The van der Waals surface area contributed by atoms with Gasteiger partial charge in [0.05, 0.1) is 7.11 Å². The van der Waals surface area contributed by atoms with Crippen LogP contribution in [-0.2, 0) is 11.2 Å². The van der Waals surface area contributed by atoms with Gasteiger partial charge in [-0.3, -0.25) is 4.79 Å². The second kappa shape index (κ2) is 8.95. The quantitative estimate of drug-likeness (QED) is 0.665.